The number of hydrogen-bond donors (Lipinski definition) is 2. The van der Waals surface area contributed by atoms with E-state index in [0.717, 1.165) is 44.2 Å². The number of carboxylic acids is 1. The number of anilines is 1. The van der Waals surface area contributed by atoms with Crippen molar-refractivity contribution in [2.45, 2.75) is 19.3 Å². The van der Waals surface area contributed by atoms with Crippen LogP contribution < -0.4 is 20.6 Å². The zero-order valence-corrected chi connectivity index (χ0v) is 24.1. The highest BCUT2D eigenvalue weighted by Crippen LogP contribution is 2.19. The molecule has 0 atom stereocenters. The average molecular weight is 613 g/mol. The van der Waals surface area contributed by atoms with Crippen molar-refractivity contribution in [1.29, 1.82) is 0 Å². The van der Waals surface area contributed by atoms with E-state index in [1.807, 2.05) is 42.5 Å². The average Bonchev–Trinajstić information content (AvgIpc) is 3.40. The molecule has 10 nitrogen and oxygen atoms in total. The molecule has 0 aliphatic carbocycles. The summed E-state index contributed by atoms with van der Waals surface area (Å²) in [6.07, 6.45) is -3.49. The molecule has 0 amide bonds. The van der Waals surface area contributed by atoms with E-state index in [1.54, 1.807) is 10.9 Å². The SMILES string of the molecule is O=C(O)C(F)(F)F.O=c1n(-c2ccc(N3CCN(Cc4ccccc4)CC3)cc2)cnn1CCNCCOc1ccccc1. The normalized spacial score (nSPS) is 13.7. The number of para-hydroxylation sites is 1. The Morgan fingerprint density at radius 3 is 2.07 bits per heavy atom. The molecule has 2 N–H and O–H groups in total. The second-order valence-corrected chi connectivity index (χ2v) is 9.99. The van der Waals surface area contributed by atoms with Gasteiger partial charge in [-0.2, -0.15) is 18.3 Å². The molecule has 44 heavy (non-hydrogen) atoms. The van der Waals surface area contributed by atoms with Gasteiger partial charge >= 0.3 is 17.8 Å². The van der Waals surface area contributed by atoms with E-state index in [1.165, 1.54) is 15.9 Å². The van der Waals surface area contributed by atoms with E-state index in [2.05, 4.69) is 62.7 Å². The van der Waals surface area contributed by atoms with Gasteiger partial charge in [0.05, 0.1) is 12.2 Å². The lowest BCUT2D eigenvalue weighted by molar-refractivity contribution is -0.192. The highest BCUT2D eigenvalue weighted by Gasteiger charge is 2.38. The molecule has 4 aromatic rings. The van der Waals surface area contributed by atoms with E-state index in [0.29, 0.717) is 26.2 Å². The van der Waals surface area contributed by atoms with Crippen LogP contribution in [0.5, 0.6) is 5.75 Å². The zero-order valence-electron chi connectivity index (χ0n) is 24.1. The van der Waals surface area contributed by atoms with Crippen LogP contribution in [0.15, 0.2) is 96.1 Å². The van der Waals surface area contributed by atoms with Crippen molar-refractivity contribution < 1.29 is 27.8 Å². The van der Waals surface area contributed by atoms with Crippen LogP contribution in [0.25, 0.3) is 5.69 Å². The lowest BCUT2D eigenvalue weighted by Crippen LogP contribution is -2.45. The number of piperazine rings is 1. The molecular weight excluding hydrogens is 577 g/mol. The van der Waals surface area contributed by atoms with Crippen LogP contribution in [0.2, 0.25) is 0 Å². The Hall–Kier alpha value is -4.62. The minimum absolute atomic E-state index is 0.135. The topological polar surface area (TPSA) is 105 Å². The summed E-state index contributed by atoms with van der Waals surface area (Å²) in [7, 11) is 0. The highest BCUT2D eigenvalue weighted by atomic mass is 19.4. The Morgan fingerprint density at radius 1 is 0.864 bits per heavy atom. The van der Waals surface area contributed by atoms with Crippen LogP contribution >= 0.6 is 0 Å². The first-order valence-corrected chi connectivity index (χ1v) is 14.2. The summed E-state index contributed by atoms with van der Waals surface area (Å²) in [5.74, 6) is -1.90. The molecule has 0 radical (unpaired) electrons. The fourth-order valence-corrected chi connectivity index (χ4v) is 4.57. The predicted octanol–water partition coefficient (Wildman–Crippen LogP) is 3.66. The minimum atomic E-state index is -5.08. The molecule has 1 aromatic heterocycles. The highest BCUT2D eigenvalue weighted by molar-refractivity contribution is 5.73. The van der Waals surface area contributed by atoms with Gasteiger partial charge in [0.1, 0.15) is 18.7 Å². The van der Waals surface area contributed by atoms with Crippen molar-refractivity contribution in [1.82, 2.24) is 24.6 Å². The summed E-state index contributed by atoms with van der Waals surface area (Å²) >= 11 is 0. The molecule has 1 saturated heterocycles. The Bertz CT molecular complexity index is 1490. The van der Waals surface area contributed by atoms with Gasteiger partial charge in [0.15, 0.2) is 0 Å². The molecule has 3 aromatic carbocycles. The predicted molar refractivity (Wildman–Crippen MR) is 160 cm³/mol. The fraction of sp³-hybridized carbons (Fsp3) is 0.323. The summed E-state index contributed by atoms with van der Waals surface area (Å²) in [6, 6.07) is 28.6. The smallest absolute Gasteiger partial charge is 0.490 e. The molecule has 234 valence electrons. The fourth-order valence-electron chi connectivity index (χ4n) is 4.57. The summed E-state index contributed by atoms with van der Waals surface area (Å²) in [6.45, 7) is 7.48. The Labute approximate surface area is 252 Å². The number of nitrogens with zero attached hydrogens (tertiary/aromatic N) is 5. The Kier molecular flexibility index (Phi) is 11.5. The molecule has 13 heteroatoms. The van der Waals surface area contributed by atoms with Crippen LogP contribution in [0, 0.1) is 0 Å². The van der Waals surface area contributed by atoms with Crippen LogP contribution in [0.3, 0.4) is 0 Å². The third-order valence-corrected chi connectivity index (χ3v) is 6.88. The van der Waals surface area contributed by atoms with Gasteiger partial charge in [-0.15, -0.1) is 0 Å². The third-order valence-electron chi connectivity index (χ3n) is 6.88. The summed E-state index contributed by atoms with van der Waals surface area (Å²) in [4.78, 5) is 26.6. The summed E-state index contributed by atoms with van der Waals surface area (Å²) < 4.78 is 40.5. The van der Waals surface area contributed by atoms with Gasteiger partial charge in [-0.25, -0.2) is 18.8 Å². The first-order valence-electron chi connectivity index (χ1n) is 14.2. The lowest BCUT2D eigenvalue weighted by Gasteiger charge is -2.36. The quantitative estimate of drug-likeness (QED) is 0.248. The van der Waals surface area contributed by atoms with Gasteiger partial charge in [-0.05, 0) is 42.0 Å². The van der Waals surface area contributed by atoms with Crippen LogP contribution in [0.1, 0.15) is 5.56 Å². The molecule has 1 fully saturated rings. The van der Waals surface area contributed by atoms with Crippen molar-refractivity contribution in [2.75, 3.05) is 50.8 Å². The first-order chi connectivity index (χ1) is 21.2. The van der Waals surface area contributed by atoms with Gasteiger partial charge in [-0.3, -0.25) is 4.90 Å². The molecule has 0 unspecified atom stereocenters. The molecule has 0 spiro atoms. The van der Waals surface area contributed by atoms with Gasteiger partial charge < -0.3 is 20.1 Å². The number of carboxylic acid groups (broad SMARTS) is 1. The van der Waals surface area contributed by atoms with E-state index in [4.69, 9.17) is 14.6 Å². The van der Waals surface area contributed by atoms with E-state index in [-0.39, 0.29) is 5.69 Å². The number of rotatable bonds is 11. The monoisotopic (exact) mass is 612 g/mol. The molecule has 0 bridgehead atoms. The van der Waals surface area contributed by atoms with Crippen LogP contribution in [-0.2, 0) is 17.9 Å². The number of nitrogens with one attached hydrogen (secondary N) is 1. The Balaban J connectivity index is 0.000000566. The van der Waals surface area contributed by atoms with Crippen molar-refractivity contribution in [2.24, 2.45) is 0 Å². The van der Waals surface area contributed by atoms with Crippen molar-refractivity contribution in [3.05, 3.63) is 107 Å². The molecule has 1 aliphatic heterocycles. The van der Waals surface area contributed by atoms with Crippen molar-refractivity contribution in [3.63, 3.8) is 0 Å². The molecule has 5 rings (SSSR count). The number of alkyl halides is 3. The second kappa shape index (κ2) is 15.7. The molecule has 0 saturated carbocycles. The minimum Gasteiger partial charge on any atom is -0.492 e. The maximum Gasteiger partial charge on any atom is 0.490 e. The van der Waals surface area contributed by atoms with Gasteiger partial charge in [-0.1, -0.05) is 48.5 Å². The maximum absolute atomic E-state index is 12.8. The van der Waals surface area contributed by atoms with Crippen LogP contribution in [-0.4, -0.2) is 82.4 Å². The summed E-state index contributed by atoms with van der Waals surface area (Å²) in [5, 5.41) is 14.7. The van der Waals surface area contributed by atoms with Gasteiger partial charge in [0.25, 0.3) is 0 Å². The van der Waals surface area contributed by atoms with Crippen molar-refractivity contribution in [3.8, 4) is 11.4 Å². The zero-order chi connectivity index (χ0) is 31.4. The number of aromatic nitrogens is 3. The number of aliphatic carboxylic acids is 1. The van der Waals surface area contributed by atoms with Gasteiger partial charge in [0, 0.05) is 51.5 Å². The lowest BCUT2D eigenvalue weighted by atomic mass is 10.2. The van der Waals surface area contributed by atoms with E-state index < -0.39 is 12.1 Å². The molecular formula is C31H35F3N6O4. The number of hydrogen-bond acceptors (Lipinski definition) is 7. The van der Waals surface area contributed by atoms with E-state index in [9.17, 15) is 18.0 Å². The number of halogens is 3. The number of benzene rings is 3. The third kappa shape index (κ3) is 9.71. The maximum atomic E-state index is 12.8. The second-order valence-electron chi connectivity index (χ2n) is 9.99. The molecule has 2 heterocycles. The number of carbonyl (C=O) groups is 1. The molecule has 1 aliphatic rings. The largest absolute Gasteiger partial charge is 0.492 e. The number of ether oxygens (including phenoxy) is 1. The first kappa shape index (κ1) is 32.3. The summed E-state index contributed by atoms with van der Waals surface area (Å²) in [5.41, 5.74) is 3.24. The van der Waals surface area contributed by atoms with Crippen LogP contribution in [0.4, 0.5) is 18.9 Å². The van der Waals surface area contributed by atoms with E-state index >= 15 is 0 Å². The Morgan fingerprint density at radius 2 is 1.45 bits per heavy atom. The van der Waals surface area contributed by atoms with Gasteiger partial charge in [0.2, 0.25) is 0 Å². The van der Waals surface area contributed by atoms with Crippen molar-refractivity contribution >= 4 is 11.7 Å². The standard InChI is InChI=1S/C29H34N6O2.C2HF3O2/c36-29-34(24-31-35(29)17-15-30-16-22-37-28-9-5-2-6-10-28)27-13-11-26(12-14-27)33-20-18-32(19-21-33)23-25-7-3-1-4-8-25;3-2(4,5)1(6)7/h1-14,24,30H,15-23H2;(H,6,7).